The van der Waals surface area contributed by atoms with Crippen molar-refractivity contribution in [1.29, 1.82) is 0 Å². The number of amides is 2. The third kappa shape index (κ3) is 10.2. The number of hydrogen-bond acceptors (Lipinski definition) is 5. The van der Waals surface area contributed by atoms with Gasteiger partial charge in [0.1, 0.15) is 6.04 Å². The van der Waals surface area contributed by atoms with E-state index in [9.17, 15) is 14.4 Å². The van der Waals surface area contributed by atoms with Crippen LogP contribution in [0.3, 0.4) is 0 Å². The average molecular weight is 501 g/mol. The van der Waals surface area contributed by atoms with Gasteiger partial charge < -0.3 is 27.8 Å². The van der Waals surface area contributed by atoms with Gasteiger partial charge in [-0.3, -0.25) is 19.4 Å². The highest BCUT2D eigenvalue weighted by Crippen LogP contribution is 2.08. The van der Waals surface area contributed by atoms with Crippen molar-refractivity contribution < 1.29 is 14.4 Å². The third-order valence-electron chi connectivity index (χ3n) is 5.33. The van der Waals surface area contributed by atoms with Crippen molar-refractivity contribution in [3.63, 3.8) is 0 Å². The standard InChI is InChI=1S/C25H33ClN6O3/c26-16-22(33)20(12-7-13-30-25(28)29)31-24(35)21(15-18-10-5-2-6-11-18)32-23(34)19(27)14-17-8-3-1-4-9-17/h1-6,8-11,19-21H,7,12-16,27H2,(H,31,35)(H,32,34)(H4,28,29,30)/t19-,20-,21+/m0/s1. The van der Waals surface area contributed by atoms with Gasteiger partial charge in [0.2, 0.25) is 11.8 Å². The Morgan fingerprint density at radius 3 is 1.91 bits per heavy atom. The number of aliphatic imine (C=N–C) groups is 1. The largest absolute Gasteiger partial charge is 0.370 e. The van der Waals surface area contributed by atoms with Crippen LogP contribution in [0.25, 0.3) is 0 Å². The van der Waals surface area contributed by atoms with Gasteiger partial charge in [0.05, 0.1) is 18.0 Å². The summed E-state index contributed by atoms with van der Waals surface area (Å²) in [5.41, 5.74) is 18.5. The van der Waals surface area contributed by atoms with Gasteiger partial charge in [0.25, 0.3) is 0 Å². The van der Waals surface area contributed by atoms with Crippen LogP contribution in [0.5, 0.6) is 0 Å². The molecule has 0 saturated heterocycles. The van der Waals surface area contributed by atoms with Crippen molar-refractivity contribution in [2.45, 2.75) is 43.8 Å². The lowest BCUT2D eigenvalue weighted by Crippen LogP contribution is -2.55. The van der Waals surface area contributed by atoms with E-state index in [0.29, 0.717) is 25.8 Å². The molecule has 2 aromatic rings. The van der Waals surface area contributed by atoms with Crippen LogP contribution in [0.2, 0.25) is 0 Å². The van der Waals surface area contributed by atoms with Crippen LogP contribution < -0.4 is 27.8 Å². The van der Waals surface area contributed by atoms with Gasteiger partial charge in [-0.2, -0.15) is 0 Å². The highest BCUT2D eigenvalue weighted by atomic mass is 35.5. The number of alkyl halides is 1. The molecule has 0 unspecified atom stereocenters. The van der Waals surface area contributed by atoms with E-state index in [-0.39, 0.29) is 24.0 Å². The number of rotatable bonds is 14. The van der Waals surface area contributed by atoms with Gasteiger partial charge in [-0.25, -0.2) is 0 Å². The van der Waals surface area contributed by atoms with Crippen LogP contribution in [0.1, 0.15) is 24.0 Å². The van der Waals surface area contributed by atoms with Crippen LogP contribution in [0.4, 0.5) is 0 Å². The third-order valence-corrected chi connectivity index (χ3v) is 5.60. The summed E-state index contributed by atoms with van der Waals surface area (Å²) < 4.78 is 0. The first-order valence-corrected chi connectivity index (χ1v) is 11.9. The Labute approximate surface area is 210 Å². The van der Waals surface area contributed by atoms with Crippen molar-refractivity contribution in [2.75, 3.05) is 12.4 Å². The molecule has 0 heterocycles. The molecular weight excluding hydrogens is 468 g/mol. The minimum atomic E-state index is -0.935. The fraction of sp³-hybridized carbons (Fsp3) is 0.360. The summed E-state index contributed by atoms with van der Waals surface area (Å²) >= 11 is 5.75. The van der Waals surface area contributed by atoms with Crippen molar-refractivity contribution in [3.05, 3.63) is 71.8 Å². The van der Waals surface area contributed by atoms with Crippen LogP contribution in [0, 0.1) is 0 Å². The Morgan fingerprint density at radius 2 is 1.37 bits per heavy atom. The maximum atomic E-state index is 13.2. The van der Waals surface area contributed by atoms with Crippen molar-refractivity contribution >= 4 is 35.2 Å². The van der Waals surface area contributed by atoms with Crippen molar-refractivity contribution in [1.82, 2.24) is 10.6 Å². The molecule has 10 heteroatoms. The first-order valence-electron chi connectivity index (χ1n) is 11.4. The van der Waals surface area contributed by atoms with Gasteiger partial charge >= 0.3 is 0 Å². The molecule has 8 N–H and O–H groups in total. The van der Waals surface area contributed by atoms with Gasteiger partial charge in [0, 0.05) is 13.0 Å². The van der Waals surface area contributed by atoms with Crippen LogP contribution >= 0.6 is 11.6 Å². The Morgan fingerprint density at radius 1 is 0.829 bits per heavy atom. The molecule has 0 saturated carbocycles. The number of hydrogen-bond donors (Lipinski definition) is 5. The second kappa shape index (κ2) is 14.7. The number of Topliss-reactive ketones (excluding diaryl/α,β-unsaturated/α-hetero) is 1. The molecule has 188 valence electrons. The predicted molar refractivity (Wildman–Crippen MR) is 138 cm³/mol. The topological polar surface area (TPSA) is 166 Å². The number of ketones is 1. The molecule has 0 aliphatic heterocycles. The highest BCUT2D eigenvalue weighted by Gasteiger charge is 2.28. The Hall–Kier alpha value is -3.43. The van der Waals surface area contributed by atoms with E-state index in [1.807, 2.05) is 60.7 Å². The zero-order valence-electron chi connectivity index (χ0n) is 19.5. The molecule has 2 aromatic carbocycles. The summed E-state index contributed by atoms with van der Waals surface area (Å²) in [4.78, 5) is 42.3. The van der Waals surface area contributed by atoms with E-state index < -0.39 is 29.9 Å². The monoisotopic (exact) mass is 500 g/mol. The predicted octanol–water partition coefficient (Wildman–Crippen LogP) is 0.630. The molecule has 0 fully saturated rings. The number of carbonyl (C=O) groups excluding carboxylic acids is 3. The molecule has 0 radical (unpaired) electrons. The maximum absolute atomic E-state index is 13.2. The molecule has 0 spiro atoms. The summed E-state index contributed by atoms with van der Waals surface area (Å²) in [6.45, 7) is 0.308. The fourth-order valence-electron chi connectivity index (χ4n) is 3.48. The second-order valence-electron chi connectivity index (χ2n) is 8.16. The Balaban J connectivity index is 2.11. The lowest BCUT2D eigenvalue weighted by Gasteiger charge is -2.24. The highest BCUT2D eigenvalue weighted by molar-refractivity contribution is 6.28. The van der Waals surface area contributed by atoms with Gasteiger partial charge in [0.15, 0.2) is 11.7 Å². The Kier molecular flexibility index (Phi) is 11.7. The van der Waals surface area contributed by atoms with E-state index in [1.54, 1.807) is 0 Å². The van der Waals surface area contributed by atoms with Gasteiger partial charge in [-0.15, -0.1) is 11.6 Å². The van der Waals surface area contributed by atoms with E-state index in [0.717, 1.165) is 11.1 Å². The molecule has 3 atom stereocenters. The summed E-state index contributed by atoms with van der Waals surface area (Å²) in [5, 5.41) is 5.49. The quantitative estimate of drug-likeness (QED) is 0.110. The minimum absolute atomic E-state index is 0.0493. The number of benzene rings is 2. The molecule has 9 nitrogen and oxygen atoms in total. The fourth-order valence-corrected chi connectivity index (χ4v) is 3.67. The minimum Gasteiger partial charge on any atom is -0.370 e. The molecule has 0 aliphatic rings. The number of nitrogens with zero attached hydrogens (tertiary/aromatic N) is 1. The number of halogens is 1. The lowest BCUT2D eigenvalue weighted by atomic mass is 10.0. The SMILES string of the molecule is NC(N)=NCCC[C@H](NC(=O)[C@@H](Cc1ccccc1)NC(=O)[C@@H](N)Cc1ccccc1)C(=O)CCl. The second-order valence-corrected chi connectivity index (χ2v) is 8.42. The zero-order valence-corrected chi connectivity index (χ0v) is 20.3. The maximum Gasteiger partial charge on any atom is 0.243 e. The summed E-state index contributed by atoms with van der Waals surface area (Å²) in [6.07, 6.45) is 1.31. The average Bonchev–Trinajstić information content (AvgIpc) is 2.85. The van der Waals surface area contributed by atoms with Crippen LogP contribution in [-0.4, -0.2) is 54.1 Å². The molecule has 0 aliphatic carbocycles. The van der Waals surface area contributed by atoms with Crippen LogP contribution in [-0.2, 0) is 27.2 Å². The van der Waals surface area contributed by atoms with Crippen molar-refractivity contribution in [2.24, 2.45) is 22.2 Å². The van der Waals surface area contributed by atoms with E-state index in [2.05, 4.69) is 15.6 Å². The van der Waals surface area contributed by atoms with Crippen LogP contribution in [0.15, 0.2) is 65.7 Å². The normalized spacial score (nSPS) is 13.2. The molecule has 35 heavy (non-hydrogen) atoms. The molecule has 2 amide bonds. The molecular formula is C25H33ClN6O3. The first kappa shape index (κ1) is 27.8. The number of guanidine groups is 1. The van der Waals surface area contributed by atoms with E-state index in [4.69, 9.17) is 28.8 Å². The van der Waals surface area contributed by atoms with Crippen molar-refractivity contribution in [3.8, 4) is 0 Å². The Bertz CT molecular complexity index is 983. The summed E-state index contributed by atoms with van der Waals surface area (Å²) in [5.74, 6) is -1.61. The number of carbonyl (C=O) groups is 3. The lowest BCUT2D eigenvalue weighted by molar-refractivity contribution is -0.131. The first-order chi connectivity index (χ1) is 16.8. The summed E-state index contributed by atoms with van der Waals surface area (Å²) in [7, 11) is 0. The van der Waals surface area contributed by atoms with Gasteiger partial charge in [-0.1, -0.05) is 60.7 Å². The number of nitrogens with two attached hydrogens (primary N) is 3. The molecule has 0 bridgehead atoms. The molecule has 0 aromatic heterocycles. The number of nitrogens with one attached hydrogen (secondary N) is 2. The smallest absolute Gasteiger partial charge is 0.243 e. The molecule has 2 rings (SSSR count). The summed E-state index contributed by atoms with van der Waals surface area (Å²) in [6, 6.07) is 16.0. The van der Waals surface area contributed by atoms with E-state index >= 15 is 0 Å². The van der Waals surface area contributed by atoms with E-state index in [1.165, 1.54) is 0 Å². The van der Waals surface area contributed by atoms with Gasteiger partial charge in [-0.05, 0) is 30.4 Å². The zero-order chi connectivity index (χ0) is 25.6.